The number of hydrogen-bond acceptors (Lipinski definition) is 17. The summed E-state index contributed by atoms with van der Waals surface area (Å²) >= 11 is 1.29. The third-order valence-electron chi connectivity index (χ3n) is 12.2. The molecule has 0 unspecified atom stereocenters. The summed E-state index contributed by atoms with van der Waals surface area (Å²) in [5, 5.41) is 25.7. The Kier molecular flexibility index (Phi) is 40.3. The number of guanidine groups is 6. The Morgan fingerprint density at radius 3 is 0.852 bits per heavy atom. The van der Waals surface area contributed by atoms with E-state index in [0.717, 1.165) is 0 Å². The van der Waals surface area contributed by atoms with Crippen molar-refractivity contribution < 1.29 is 47.9 Å². The number of nitrogens with two attached hydrogens (primary N) is 12. The molecule has 0 aliphatic heterocycles. The molecule has 498 valence electrons. The number of likely N-dealkylation sites (N-methyl/N-ethyl adjacent to an activating group) is 1. The predicted octanol–water partition coefficient (Wildman–Crippen LogP) is -10.2. The lowest BCUT2D eigenvalue weighted by molar-refractivity contribution is -0.136. The number of carbonyl (C=O) groups excluding carboxylic acids is 10. The van der Waals surface area contributed by atoms with E-state index in [4.69, 9.17) is 68.8 Å². The van der Waals surface area contributed by atoms with Crippen molar-refractivity contribution in [3.63, 3.8) is 0 Å². The zero-order valence-electron chi connectivity index (χ0n) is 50.6. The third kappa shape index (κ3) is 37.2. The quantitative estimate of drug-likeness (QED) is 0.0153. The second kappa shape index (κ2) is 45.1. The van der Waals surface area contributed by atoms with Crippen molar-refractivity contribution in [1.29, 1.82) is 0 Å². The first-order chi connectivity index (χ1) is 41.5. The molecule has 88 heavy (non-hydrogen) atoms. The maximum atomic E-state index is 14.6. The van der Waals surface area contributed by atoms with Gasteiger partial charge in [-0.15, -0.1) is 0 Å². The number of thioether (sulfide) groups is 1. The Morgan fingerprint density at radius 2 is 0.602 bits per heavy atom. The molecule has 34 N–H and O–H groups in total. The van der Waals surface area contributed by atoms with Crippen LogP contribution in [0.5, 0.6) is 0 Å². The minimum atomic E-state index is -1.49. The van der Waals surface area contributed by atoms with Gasteiger partial charge in [-0.25, -0.2) is 0 Å². The van der Waals surface area contributed by atoms with Crippen molar-refractivity contribution in [3.05, 3.63) is 0 Å². The van der Waals surface area contributed by atoms with Crippen molar-refractivity contribution in [2.75, 3.05) is 64.9 Å². The molecule has 0 rings (SSSR count). The molecule has 10 amide bonds. The van der Waals surface area contributed by atoms with Crippen LogP contribution in [0.3, 0.4) is 0 Å². The average Bonchev–Trinajstić information content (AvgIpc) is 3.53. The first kappa shape index (κ1) is 78.7. The molecule has 0 spiro atoms. The number of nitrogens with zero attached hydrogens (tertiary/aromatic N) is 6. The molecule has 0 aromatic carbocycles. The molecule has 0 aliphatic carbocycles. The van der Waals surface area contributed by atoms with Crippen molar-refractivity contribution in [2.24, 2.45) is 98.8 Å². The van der Waals surface area contributed by atoms with Crippen LogP contribution in [-0.2, 0) is 47.9 Å². The summed E-state index contributed by atoms with van der Waals surface area (Å²) < 4.78 is 0. The summed E-state index contributed by atoms with van der Waals surface area (Å²) in [4.78, 5) is 160. The number of amides is 10. The lowest BCUT2D eigenvalue weighted by Crippen LogP contribution is -2.60. The van der Waals surface area contributed by atoms with Gasteiger partial charge in [-0.3, -0.25) is 77.9 Å². The van der Waals surface area contributed by atoms with E-state index >= 15 is 0 Å². The zero-order chi connectivity index (χ0) is 66.7. The fourth-order valence-corrected chi connectivity index (χ4v) is 8.33. The molecule has 39 heteroatoms. The summed E-state index contributed by atoms with van der Waals surface area (Å²) in [6.45, 7) is 2.41. The maximum Gasteiger partial charge on any atom is 0.244 e. The lowest BCUT2D eigenvalue weighted by atomic mass is 10.0. The smallest absolute Gasteiger partial charge is 0.244 e. The number of carbonyl (C=O) groups is 10. The summed E-state index contributed by atoms with van der Waals surface area (Å²) in [5.74, 6) is -8.90. The summed E-state index contributed by atoms with van der Waals surface area (Å²) in [5.41, 5.74) is 66.2. The van der Waals surface area contributed by atoms with Crippen molar-refractivity contribution in [3.8, 4) is 0 Å². The second-order valence-corrected chi connectivity index (χ2v) is 20.5. The van der Waals surface area contributed by atoms with Crippen LogP contribution in [0.15, 0.2) is 30.0 Å². The van der Waals surface area contributed by atoms with Crippen LogP contribution >= 0.6 is 11.8 Å². The van der Waals surface area contributed by atoms with Crippen molar-refractivity contribution >= 4 is 107 Å². The summed E-state index contributed by atoms with van der Waals surface area (Å²) in [7, 11) is 1.37. The molecule has 0 aromatic heterocycles. The largest absolute Gasteiger partial charge is 0.370 e. The fraction of sp³-hybridized carbons (Fsp3) is 0.673. The van der Waals surface area contributed by atoms with Gasteiger partial charge in [-0.05, 0) is 90.2 Å². The molecule has 0 radical (unpaired) electrons. The zero-order valence-corrected chi connectivity index (χ0v) is 51.4. The van der Waals surface area contributed by atoms with E-state index in [0.29, 0.717) is 0 Å². The Hall–Kier alpha value is -9.33. The van der Waals surface area contributed by atoms with Gasteiger partial charge >= 0.3 is 0 Å². The average molecular weight is 1270 g/mol. The first-order valence-corrected chi connectivity index (χ1v) is 29.7. The number of aliphatic imine (C=N–C) groups is 6. The van der Waals surface area contributed by atoms with Gasteiger partial charge in [0.1, 0.15) is 48.3 Å². The van der Waals surface area contributed by atoms with Crippen LogP contribution in [0.2, 0.25) is 0 Å². The van der Waals surface area contributed by atoms with Crippen LogP contribution in [-0.4, -0.2) is 208 Å². The molecule has 38 nitrogen and oxygen atoms in total. The van der Waals surface area contributed by atoms with Gasteiger partial charge in [0.05, 0.1) is 6.54 Å². The minimum Gasteiger partial charge on any atom is -0.370 e. The molecule has 0 fully saturated rings. The highest BCUT2D eigenvalue weighted by molar-refractivity contribution is 7.98. The van der Waals surface area contributed by atoms with Gasteiger partial charge in [0.2, 0.25) is 59.1 Å². The van der Waals surface area contributed by atoms with Crippen LogP contribution < -0.4 is 122 Å². The van der Waals surface area contributed by atoms with Crippen LogP contribution in [0, 0.1) is 0 Å². The van der Waals surface area contributed by atoms with Crippen LogP contribution in [0.25, 0.3) is 0 Å². The Morgan fingerprint density at radius 1 is 0.352 bits per heavy atom. The Bertz CT molecular complexity index is 2440. The normalized spacial score (nSPS) is 13.3. The minimum absolute atomic E-state index is 0.00671. The van der Waals surface area contributed by atoms with Gasteiger partial charge in [0, 0.05) is 58.5 Å². The molecule has 8 atom stereocenters. The first-order valence-electron chi connectivity index (χ1n) is 28.3. The summed E-state index contributed by atoms with van der Waals surface area (Å²) in [6, 6.07) is -10.4. The van der Waals surface area contributed by atoms with Crippen molar-refractivity contribution in [2.45, 2.75) is 146 Å². The molecule has 0 saturated carbocycles. The monoisotopic (exact) mass is 1270 g/mol. The van der Waals surface area contributed by atoms with E-state index in [1.807, 2.05) is 0 Å². The van der Waals surface area contributed by atoms with Crippen molar-refractivity contribution in [1.82, 2.24) is 53.2 Å². The van der Waals surface area contributed by atoms with E-state index in [2.05, 4.69) is 83.1 Å². The van der Waals surface area contributed by atoms with E-state index in [9.17, 15) is 47.9 Å². The summed E-state index contributed by atoms with van der Waals surface area (Å²) in [6.07, 6.45) is 2.03. The van der Waals surface area contributed by atoms with Crippen LogP contribution in [0.4, 0.5) is 0 Å². The molecular formula is C49H96N28O10S. The van der Waals surface area contributed by atoms with Gasteiger partial charge in [0.15, 0.2) is 35.8 Å². The molecule has 0 saturated heterocycles. The number of nitrogens with one attached hydrogen (secondary N) is 10. The lowest BCUT2D eigenvalue weighted by Gasteiger charge is -2.28. The number of hydrogen-bond donors (Lipinski definition) is 22. The van der Waals surface area contributed by atoms with E-state index in [1.54, 1.807) is 13.2 Å². The van der Waals surface area contributed by atoms with Gasteiger partial charge in [-0.2, -0.15) is 11.8 Å². The van der Waals surface area contributed by atoms with Gasteiger partial charge in [-0.1, -0.05) is 6.92 Å². The van der Waals surface area contributed by atoms with Crippen LogP contribution in [0.1, 0.15) is 97.3 Å². The third-order valence-corrected chi connectivity index (χ3v) is 12.9. The highest BCUT2D eigenvalue weighted by Gasteiger charge is 2.34. The fourth-order valence-electron chi connectivity index (χ4n) is 7.76. The number of rotatable bonds is 45. The second-order valence-electron chi connectivity index (χ2n) is 19.6. The Labute approximate surface area is 515 Å². The molecular weight excluding hydrogens is 1170 g/mol. The molecule has 0 bridgehead atoms. The highest BCUT2D eigenvalue weighted by Crippen LogP contribution is 2.10. The standard InChI is InChI=1S/C49H96N28O10S/c1-5-34(78)72-33(25-88-4)43(87)70-26(2)36(80)69-24-35(79)71-28(13-7-19-64-45(52)53)38(82)74-30(15-9-21-66-47(56)57)40(84)76-32(17-11-23-68-49(60)61)42(86)77-31(16-10-22-67-48(58)59)41(85)75-29(14-8-20-65-46(54)55)39(83)73-27(37(81)62-3)12-6-18-63-44(50)51/h26-33H,5-25H2,1-4H3,(H,62,81)(H,69,80)(H,70,87)(H,71,79)(H,72,78)(H,73,83)(H,74,82)(H,75,85)(H,76,84)(H,77,86)(H4,50,51,63)(H4,52,53,64)(H4,54,55,65)(H4,56,57,66)(H4,58,59,67)(H4,60,61,68)/t26-,27+,28+,29+,30+,31+,32+,33-/m0/s1. The maximum absolute atomic E-state index is 14.6. The SMILES string of the molecule is CCC(=O)N[C@@H](CSC)C(=O)N[C@@H](C)C(=O)NCC(=O)N[C@H](CCCN=C(N)N)C(=O)N[C@H](CCCN=C(N)N)C(=O)N[C@H](CCCN=C(N)N)C(=O)N[C@H](CCCN=C(N)N)C(=O)N[C@H](CCCN=C(N)N)C(=O)N[C@H](CCCN=C(N)N)C(=O)NC. The molecule has 0 heterocycles. The van der Waals surface area contributed by atoms with E-state index in [-0.39, 0.29) is 170 Å². The van der Waals surface area contributed by atoms with Gasteiger partial charge < -0.3 is 122 Å². The predicted molar refractivity (Wildman–Crippen MR) is 336 cm³/mol. The van der Waals surface area contributed by atoms with Gasteiger partial charge in [0.25, 0.3) is 0 Å². The Balaban J connectivity index is 7.20. The molecule has 0 aromatic rings. The highest BCUT2D eigenvalue weighted by atomic mass is 32.2. The van der Waals surface area contributed by atoms with E-state index < -0.39 is 108 Å². The van der Waals surface area contributed by atoms with E-state index in [1.165, 1.54) is 25.7 Å². The topological polar surface area (TPSA) is 677 Å². The molecule has 0 aliphatic rings.